The first-order chi connectivity index (χ1) is 18.9. The predicted octanol–water partition coefficient (Wildman–Crippen LogP) is 6.83. The molecule has 0 radical (unpaired) electrons. The van der Waals surface area contributed by atoms with Crippen molar-refractivity contribution in [2.24, 2.45) is 5.92 Å². The molecule has 2 unspecified atom stereocenters. The van der Waals surface area contributed by atoms with Gasteiger partial charge in [0.15, 0.2) is 5.60 Å². The number of rotatable bonds is 9. The highest BCUT2D eigenvalue weighted by Crippen LogP contribution is 2.35. The maximum absolute atomic E-state index is 13.6. The van der Waals surface area contributed by atoms with Crippen molar-refractivity contribution < 1.29 is 35.9 Å². The zero-order valence-electron chi connectivity index (χ0n) is 21.9. The zero-order chi connectivity index (χ0) is 28.8. The van der Waals surface area contributed by atoms with E-state index >= 15 is 0 Å². The van der Waals surface area contributed by atoms with Crippen molar-refractivity contribution in [2.45, 2.75) is 56.6 Å². The minimum Gasteiger partial charge on any atom is -0.476 e. The Labute approximate surface area is 229 Å². The van der Waals surface area contributed by atoms with Crippen LogP contribution in [-0.4, -0.2) is 42.2 Å². The number of nitrogens with one attached hydrogen (secondary N) is 1. The molecule has 1 saturated heterocycles. The molecule has 2 aromatic rings. The van der Waals surface area contributed by atoms with Crippen molar-refractivity contribution in [1.82, 2.24) is 10.2 Å². The number of halogens is 6. The largest absolute Gasteiger partial charge is 0.476 e. The molecule has 0 aromatic heterocycles. The monoisotopic (exact) mass is 566 g/mol. The first-order valence-electron chi connectivity index (χ1n) is 13.3. The summed E-state index contributed by atoms with van der Waals surface area (Å²) < 4.78 is 85.1. The van der Waals surface area contributed by atoms with Gasteiger partial charge in [-0.05, 0) is 67.5 Å². The van der Waals surface area contributed by atoms with E-state index in [1.807, 2.05) is 35.2 Å². The number of piperidine rings is 1. The van der Waals surface area contributed by atoms with Gasteiger partial charge in [-0.15, -0.1) is 0 Å². The number of hydrogen-bond donors (Lipinski definition) is 1. The second-order valence-electron chi connectivity index (χ2n) is 10.4. The highest BCUT2D eigenvalue weighted by molar-refractivity contribution is 5.86. The van der Waals surface area contributed by atoms with E-state index in [1.54, 1.807) is 18.2 Å². The first kappa shape index (κ1) is 29.7. The van der Waals surface area contributed by atoms with Crippen LogP contribution in [0.2, 0.25) is 0 Å². The number of benzene rings is 2. The zero-order valence-corrected chi connectivity index (χ0v) is 21.9. The summed E-state index contributed by atoms with van der Waals surface area (Å²) >= 11 is 0. The number of carbonyl (C=O) groups excluding carboxylic acids is 1. The summed E-state index contributed by atoms with van der Waals surface area (Å²) in [6.45, 7) is 1.10. The lowest BCUT2D eigenvalue weighted by atomic mass is 9.90. The van der Waals surface area contributed by atoms with Crippen LogP contribution < -0.4 is 5.32 Å². The van der Waals surface area contributed by atoms with E-state index in [2.05, 4.69) is 5.32 Å². The van der Waals surface area contributed by atoms with Gasteiger partial charge in [0.1, 0.15) is 5.76 Å². The SMILES string of the molecule is O=C(NCCc1ccccc1)C1(OC2=CC(CC(F)(F)F)CC=C2)CCCN(Cc2cccc(C(F)(F)F)c2)C1. The van der Waals surface area contributed by atoms with Gasteiger partial charge in [-0.3, -0.25) is 9.69 Å². The highest BCUT2D eigenvalue weighted by atomic mass is 19.4. The van der Waals surface area contributed by atoms with Crippen LogP contribution in [0.1, 0.15) is 42.4 Å². The predicted molar refractivity (Wildman–Crippen MR) is 139 cm³/mol. The lowest BCUT2D eigenvalue weighted by Gasteiger charge is -2.42. The molecule has 4 rings (SSSR count). The van der Waals surface area contributed by atoms with Gasteiger partial charge in [-0.1, -0.05) is 54.6 Å². The molecule has 2 atom stereocenters. The van der Waals surface area contributed by atoms with Crippen LogP contribution in [0.25, 0.3) is 0 Å². The first-order valence-corrected chi connectivity index (χ1v) is 13.3. The molecule has 0 spiro atoms. The summed E-state index contributed by atoms with van der Waals surface area (Å²) in [6.07, 6.45) is -3.58. The van der Waals surface area contributed by atoms with Crippen molar-refractivity contribution in [3.8, 4) is 0 Å². The number of hydrogen-bond acceptors (Lipinski definition) is 3. The molecule has 0 saturated carbocycles. The fourth-order valence-corrected chi connectivity index (χ4v) is 5.24. The fraction of sp³-hybridized carbons (Fsp3) is 0.433. The van der Waals surface area contributed by atoms with Crippen LogP contribution in [0.15, 0.2) is 78.6 Å². The highest BCUT2D eigenvalue weighted by Gasteiger charge is 2.45. The second kappa shape index (κ2) is 12.5. The molecule has 40 heavy (non-hydrogen) atoms. The van der Waals surface area contributed by atoms with Crippen LogP contribution in [0.4, 0.5) is 26.3 Å². The average molecular weight is 567 g/mol. The van der Waals surface area contributed by atoms with E-state index in [0.29, 0.717) is 37.9 Å². The Kier molecular flexibility index (Phi) is 9.28. The van der Waals surface area contributed by atoms with Gasteiger partial charge in [0, 0.05) is 19.6 Å². The third kappa shape index (κ3) is 8.36. The average Bonchev–Trinajstić information content (AvgIpc) is 2.88. The van der Waals surface area contributed by atoms with Gasteiger partial charge in [-0.25, -0.2) is 0 Å². The van der Waals surface area contributed by atoms with Crippen LogP contribution in [0.5, 0.6) is 0 Å². The van der Waals surface area contributed by atoms with Crippen molar-refractivity contribution in [3.05, 3.63) is 95.3 Å². The quantitative estimate of drug-likeness (QED) is 0.339. The van der Waals surface area contributed by atoms with Crippen molar-refractivity contribution in [3.63, 3.8) is 0 Å². The number of likely N-dealkylation sites (tertiary alicyclic amines) is 1. The summed E-state index contributed by atoms with van der Waals surface area (Å²) in [7, 11) is 0. The van der Waals surface area contributed by atoms with Crippen molar-refractivity contribution in [1.29, 1.82) is 0 Å². The van der Waals surface area contributed by atoms with Gasteiger partial charge >= 0.3 is 12.4 Å². The lowest BCUT2D eigenvalue weighted by Crippen LogP contribution is -2.58. The molecule has 1 N–H and O–H groups in total. The van der Waals surface area contributed by atoms with Crippen LogP contribution in [0, 0.1) is 5.92 Å². The van der Waals surface area contributed by atoms with E-state index in [9.17, 15) is 31.1 Å². The van der Waals surface area contributed by atoms with Gasteiger partial charge in [-0.2, -0.15) is 26.3 Å². The minimum absolute atomic E-state index is 0.0789. The maximum atomic E-state index is 13.6. The molecular formula is C30H32F6N2O2. The smallest absolute Gasteiger partial charge is 0.416 e. The third-order valence-electron chi connectivity index (χ3n) is 7.08. The van der Waals surface area contributed by atoms with Gasteiger partial charge in [0.2, 0.25) is 0 Å². The summed E-state index contributed by atoms with van der Waals surface area (Å²) in [5, 5.41) is 2.92. The maximum Gasteiger partial charge on any atom is 0.416 e. The topological polar surface area (TPSA) is 41.6 Å². The molecule has 0 bridgehead atoms. The Bertz CT molecular complexity index is 1210. The van der Waals surface area contributed by atoms with E-state index in [-0.39, 0.29) is 25.3 Å². The summed E-state index contributed by atoms with van der Waals surface area (Å²) in [5.41, 5.74) is -0.693. The second-order valence-corrected chi connectivity index (χ2v) is 10.4. The van der Waals surface area contributed by atoms with Gasteiger partial charge < -0.3 is 10.1 Å². The van der Waals surface area contributed by atoms with Gasteiger partial charge in [0.25, 0.3) is 5.91 Å². The molecule has 2 aliphatic rings. The molecule has 2 aromatic carbocycles. The third-order valence-corrected chi connectivity index (χ3v) is 7.08. The molecule has 1 aliphatic heterocycles. The standard InChI is InChI=1S/C30H32F6N2O2/c31-29(32,33)19-23-9-5-12-26(18-23)40-28(27(39)37-15-13-22-7-2-1-3-8-22)14-6-16-38(21-28)20-24-10-4-11-25(17-24)30(34,35)36/h1-5,7-8,10-12,17-18,23H,6,9,13-16,19-21H2,(H,37,39). The Balaban J connectivity index is 1.53. The molecule has 4 nitrogen and oxygen atoms in total. The molecular weight excluding hydrogens is 534 g/mol. The Hall–Kier alpha value is -3.27. The summed E-state index contributed by atoms with van der Waals surface area (Å²) in [5.74, 6) is -1.01. The number of amides is 1. The normalized spacial score (nSPS) is 22.1. The van der Waals surface area contributed by atoms with Crippen LogP contribution in [-0.2, 0) is 28.7 Å². The van der Waals surface area contributed by atoms with E-state index in [1.165, 1.54) is 12.1 Å². The molecule has 216 valence electrons. The number of carbonyl (C=O) groups is 1. The lowest BCUT2D eigenvalue weighted by molar-refractivity contribution is -0.149. The summed E-state index contributed by atoms with van der Waals surface area (Å²) in [6, 6.07) is 14.6. The molecule has 1 heterocycles. The number of nitrogens with zero attached hydrogens (tertiary/aromatic N) is 1. The Morgan fingerprint density at radius 3 is 2.50 bits per heavy atom. The molecule has 10 heteroatoms. The number of ether oxygens (including phenoxy) is 1. The number of allylic oxidation sites excluding steroid dienone is 3. The number of alkyl halides is 6. The van der Waals surface area contributed by atoms with E-state index in [0.717, 1.165) is 17.7 Å². The fourth-order valence-electron chi connectivity index (χ4n) is 5.24. The van der Waals surface area contributed by atoms with E-state index < -0.39 is 41.8 Å². The van der Waals surface area contributed by atoms with Crippen molar-refractivity contribution in [2.75, 3.05) is 19.6 Å². The minimum atomic E-state index is -4.48. The Morgan fingerprint density at radius 1 is 1.02 bits per heavy atom. The van der Waals surface area contributed by atoms with Crippen LogP contribution >= 0.6 is 0 Å². The van der Waals surface area contributed by atoms with Gasteiger partial charge in [0.05, 0.1) is 12.0 Å². The molecule has 1 fully saturated rings. The molecule has 1 amide bonds. The summed E-state index contributed by atoms with van der Waals surface area (Å²) in [4.78, 5) is 15.5. The van der Waals surface area contributed by atoms with Crippen LogP contribution in [0.3, 0.4) is 0 Å². The van der Waals surface area contributed by atoms with Crippen molar-refractivity contribution >= 4 is 5.91 Å². The van der Waals surface area contributed by atoms with E-state index in [4.69, 9.17) is 4.74 Å². The molecule has 1 aliphatic carbocycles. The Morgan fingerprint density at radius 2 is 1.77 bits per heavy atom.